The van der Waals surface area contributed by atoms with Gasteiger partial charge in [-0.3, -0.25) is 4.79 Å². The third-order valence-corrected chi connectivity index (χ3v) is 4.22. The van der Waals surface area contributed by atoms with Crippen molar-refractivity contribution >= 4 is 5.91 Å². The average molecular weight is 285 g/mol. The highest BCUT2D eigenvalue weighted by Crippen LogP contribution is 2.26. The Morgan fingerprint density at radius 1 is 1.24 bits per heavy atom. The molecule has 3 heteroatoms. The summed E-state index contributed by atoms with van der Waals surface area (Å²) < 4.78 is 0. The van der Waals surface area contributed by atoms with Gasteiger partial charge in [0, 0.05) is 17.2 Å². The molecule has 1 saturated carbocycles. The number of carbonyl (C=O) groups excluding carboxylic acids is 1. The van der Waals surface area contributed by atoms with Crippen molar-refractivity contribution in [1.82, 2.24) is 5.32 Å². The van der Waals surface area contributed by atoms with E-state index in [0.29, 0.717) is 11.6 Å². The summed E-state index contributed by atoms with van der Waals surface area (Å²) in [5.74, 6) is 6.25. The van der Waals surface area contributed by atoms with Gasteiger partial charge in [-0.15, -0.1) is 0 Å². The van der Waals surface area contributed by atoms with Gasteiger partial charge < -0.3 is 10.4 Å². The molecule has 0 bridgehead atoms. The molecule has 1 aliphatic carbocycles. The Bertz CT molecular complexity index is 516. The molecule has 0 aromatic heterocycles. The molecule has 21 heavy (non-hydrogen) atoms. The molecule has 1 aromatic carbocycles. The molecule has 1 fully saturated rings. The molecule has 1 amide bonds. The largest absolute Gasteiger partial charge is 0.384 e. The Balaban J connectivity index is 1.88. The molecule has 2 N–H and O–H groups in total. The minimum atomic E-state index is -0.150. The molecule has 0 aliphatic heterocycles. The van der Waals surface area contributed by atoms with E-state index >= 15 is 0 Å². The predicted molar refractivity (Wildman–Crippen MR) is 83.9 cm³/mol. The number of hydrogen-bond acceptors (Lipinski definition) is 2. The van der Waals surface area contributed by atoms with E-state index in [1.165, 1.54) is 19.3 Å². The highest BCUT2D eigenvalue weighted by molar-refractivity contribution is 5.94. The molecule has 3 nitrogen and oxygen atoms in total. The highest BCUT2D eigenvalue weighted by atomic mass is 16.2. The number of carbonyl (C=O) groups is 1. The van der Waals surface area contributed by atoms with Gasteiger partial charge in [0.05, 0.1) is 0 Å². The summed E-state index contributed by atoms with van der Waals surface area (Å²) >= 11 is 0. The van der Waals surface area contributed by atoms with Gasteiger partial charge in [-0.1, -0.05) is 25.2 Å². The van der Waals surface area contributed by atoms with E-state index in [-0.39, 0.29) is 12.5 Å². The molecule has 0 unspecified atom stereocenters. The maximum Gasteiger partial charge on any atom is 0.251 e. The van der Waals surface area contributed by atoms with Gasteiger partial charge in [-0.25, -0.2) is 0 Å². The first-order chi connectivity index (χ1) is 10.2. The van der Waals surface area contributed by atoms with Gasteiger partial charge in [0.25, 0.3) is 5.91 Å². The van der Waals surface area contributed by atoms with Crippen LogP contribution in [0.15, 0.2) is 24.3 Å². The Kier molecular flexibility index (Phi) is 5.83. The monoisotopic (exact) mass is 285 g/mol. The normalized spacial score (nSPS) is 21.2. The third-order valence-electron chi connectivity index (χ3n) is 4.22. The van der Waals surface area contributed by atoms with Crippen molar-refractivity contribution in [2.24, 2.45) is 5.92 Å². The molecule has 0 radical (unpaired) electrons. The van der Waals surface area contributed by atoms with E-state index < -0.39 is 0 Å². The summed E-state index contributed by atoms with van der Waals surface area (Å²) in [7, 11) is 0. The Morgan fingerprint density at radius 3 is 2.48 bits per heavy atom. The average Bonchev–Trinajstić information content (AvgIpc) is 2.54. The molecule has 1 aromatic rings. The lowest BCUT2D eigenvalue weighted by atomic mass is 9.84. The molecule has 2 rings (SSSR count). The molecule has 0 saturated heterocycles. The van der Waals surface area contributed by atoms with Crippen molar-refractivity contribution in [2.75, 3.05) is 6.61 Å². The minimum absolute atomic E-state index is 0.00313. The fraction of sp³-hybridized carbons (Fsp3) is 0.500. The summed E-state index contributed by atoms with van der Waals surface area (Å²) in [6.07, 6.45) is 5.86. The fourth-order valence-corrected chi connectivity index (χ4v) is 2.83. The summed E-state index contributed by atoms with van der Waals surface area (Å²) in [5, 5.41) is 11.8. The van der Waals surface area contributed by atoms with Crippen LogP contribution in [0.3, 0.4) is 0 Å². The lowest BCUT2D eigenvalue weighted by molar-refractivity contribution is 0.0921. The molecule has 1 aliphatic rings. The SMILES string of the molecule is CCC1CCC(NC(=O)c2ccc(C#CCO)cc2)CC1. The number of nitrogens with one attached hydrogen (secondary N) is 1. The van der Waals surface area contributed by atoms with Crippen molar-refractivity contribution in [3.63, 3.8) is 0 Å². The van der Waals surface area contributed by atoms with Crippen LogP contribution >= 0.6 is 0 Å². The van der Waals surface area contributed by atoms with E-state index in [4.69, 9.17) is 5.11 Å². The second-order valence-electron chi connectivity index (χ2n) is 5.64. The van der Waals surface area contributed by atoms with Gasteiger partial charge in [-0.2, -0.15) is 0 Å². The van der Waals surface area contributed by atoms with Crippen LogP contribution in [0.4, 0.5) is 0 Å². The predicted octanol–water partition coefficient (Wildman–Crippen LogP) is 2.73. The first-order valence-electron chi connectivity index (χ1n) is 7.73. The van der Waals surface area contributed by atoms with Crippen LogP contribution in [-0.4, -0.2) is 23.7 Å². The zero-order chi connectivity index (χ0) is 15.1. The maximum atomic E-state index is 12.2. The van der Waals surface area contributed by atoms with Crippen LogP contribution in [0.5, 0.6) is 0 Å². The summed E-state index contributed by atoms with van der Waals surface area (Å²) in [4.78, 5) is 12.2. The Labute approximate surface area is 126 Å². The van der Waals surface area contributed by atoms with Gasteiger partial charge >= 0.3 is 0 Å². The van der Waals surface area contributed by atoms with Crippen LogP contribution in [0.25, 0.3) is 0 Å². The second kappa shape index (κ2) is 7.85. The number of rotatable bonds is 3. The van der Waals surface area contributed by atoms with Crippen molar-refractivity contribution in [2.45, 2.75) is 45.1 Å². The topological polar surface area (TPSA) is 49.3 Å². The number of benzene rings is 1. The van der Waals surface area contributed by atoms with Crippen molar-refractivity contribution in [3.05, 3.63) is 35.4 Å². The number of amides is 1. The van der Waals surface area contributed by atoms with Crippen LogP contribution in [-0.2, 0) is 0 Å². The smallest absolute Gasteiger partial charge is 0.251 e. The first-order valence-corrected chi connectivity index (χ1v) is 7.73. The molecule has 0 spiro atoms. The number of aliphatic hydroxyl groups excluding tert-OH is 1. The van der Waals surface area contributed by atoms with Gasteiger partial charge in [0.2, 0.25) is 0 Å². The summed E-state index contributed by atoms with van der Waals surface area (Å²) in [5.41, 5.74) is 1.48. The van der Waals surface area contributed by atoms with E-state index in [1.807, 2.05) is 12.1 Å². The molecular weight excluding hydrogens is 262 g/mol. The minimum Gasteiger partial charge on any atom is -0.384 e. The zero-order valence-corrected chi connectivity index (χ0v) is 12.6. The van der Waals surface area contributed by atoms with Gasteiger partial charge in [0.15, 0.2) is 0 Å². The fourth-order valence-electron chi connectivity index (χ4n) is 2.83. The van der Waals surface area contributed by atoms with Crippen molar-refractivity contribution in [1.29, 1.82) is 0 Å². The third kappa shape index (κ3) is 4.61. The van der Waals surface area contributed by atoms with E-state index in [0.717, 1.165) is 24.3 Å². The van der Waals surface area contributed by atoms with E-state index in [9.17, 15) is 4.79 Å². The van der Waals surface area contributed by atoms with Crippen molar-refractivity contribution in [3.8, 4) is 11.8 Å². The van der Waals surface area contributed by atoms with Crippen LogP contribution in [0.2, 0.25) is 0 Å². The van der Waals surface area contributed by atoms with Crippen LogP contribution in [0.1, 0.15) is 54.9 Å². The standard InChI is InChI=1S/C18H23NO2/c1-2-14-7-11-17(12-8-14)19-18(21)16-9-5-15(6-10-16)4-3-13-20/h5-6,9-10,14,17,20H,2,7-8,11-13H2,1H3,(H,19,21). The molecule has 0 heterocycles. The Morgan fingerprint density at radius 2 is 1.90 bits per heavy atom. The summed E-state index contributed by atoms with van der Waals surface area (Å²) in [6, 6.07) is 7.51. The Hall–Kier alpha value is -1.79. The number of hydrogen-bond donors (Lipinski definition) is 2. The molecule has 112 valence electrons. The second-order valence-corrected chi connectivity index (χ2v) is 5.64. The molecular formula is C18H23NO2. The first kappa shape index (κ1) is 15.6. The lowest BCUT2D eigenvalue weighted by Gasteiger charge is -2.28. The lowest BCUT2D eigenvalue weighted by Crippen LogP contribution is -2.37. The van der Waals surface area contributed by atoms with Gasteiger partial charge in [0.1, 0.15) is 6.61 Å². The summed E-state index contributed by atoms with van der Waals surface area (Å²) in [6.45, 7) is 2.09. The quantitative estimate of drug-likeness (QED) is 0.839. The van der Waals surface area contributed by atoms with Gasteiger partial charge in [-0.05, 0) is 55.9 Å². The van der Waals surface area contributed by atoms with Crippen LogP contribution in [0, 0.1) is 17.8 Å². The van der Waals surface area contributed by atoms with E-state index in [2.05, 4.69) is 24.1 Å². The molecule has 0 atom stereocenters. The maximum absolute atomic E-state index is 12.2. The van der Waals surface area contributed by atoms with E-state index in [1.54, 1.807) is 12.1 Å². The van der Waals surface area contributed by atoms with Crippen LogP contribution < -0.4 is 5.32 Å². The zero-order valence-electron chi connectivity index (χ0n) is 12.6. The van der Waals surface area contributed by atoms with Crippen molar-refractivity contribution < 1.29 is 9.90 Å². The highest BCUT2D eigenvalue weighted by Gasteiger charge is 2.21. The number of aliphatic hydroxyl groups is 1.